The Hall–Kier alpha value is -5.11. The van der Waals surface area contributed by atoms with Crippen LogP contribution in [0.25, 0.3) is 11.1 Å². The minimum atomic E-state index is -1.03. The molecule has 1 aliphatic rings. The first kappa shape index (κ1) is 34.2. The van der Waals surface area contributed by atoms with Crippen molar-refractivity contribution in [2.75, 3.05) is 6.61 Å². The Kier molecular flexibility index (Phi) is 10.8. The van der Waals surface area contributed by atoms with Gasteiger partial charge in [-0.3, -0.25) is 4.79 Å². The molecule has 0 bridgehead atoms. The van der Waals surface area contributed by atoms with Crippen molar-refractivity contribution in [3.63, 3.8) is 0 Å². The van der Waals surface area contributed by atoms with Crippen molar-refractivity contribution in [1.29, 1.82) is 0 Å². The van der Waals surface area contributed by atoms with Gasteiger partial charge in [-0.25, -0.2) is 9.59 Å². The molecule has 0 radical (unpaired) electrons. The van der Waals surface area contributed by atoms with E-state index < -0.39 is 30.1 Å². The topological polar surface area (TPSA) is 103 Å². The highest BCUT2D eigenvalue weighted by Crippen LogP contribution is 2.44. The molecule has 0 aliphatic heterocycles. The zero-order chi connectivity index (χ0) is 34.3. The first-order chi connectivity index (χ1) is 23.0. The van der Waals surface area contributed by atoms with Gasteiger partial charge >= 0.3 is 12.1 Å². The number of nitrogens with one attached hydrogen (secondary N) is 2. The molecule has 2 N–H and O–H groups in total. The van der Waals surface area contributed by atoms with Gasteiger partial charge in [0, 0.05) is 12.3 Å². The first-order valence-electron chi connectivity index (χ1n) is 16.4. The van der Waals surface area contributed by atoms with Gasteiger partial charge in [0.15, 0.2) is 0 Å². The van der Waals surface area contributed by atoms with E-state index >= 15 is 0 Å². The summed E-state index contributed by atoms with van der Waals surface area (Å²) in [5, 5.41) is 5.61. The molecule has 48 heavy (non-hydrogen) atoms. The predicted molar refractivity (Wildman–Crippen MR) is 186 cm³/mol. The van der Waals surface area contributed by atoms with Crippen LogP contribution in [0.5, 0.6) is 5.75 Å². The third-order valence-electron chi connectivity index (χ3n) is 8.18. The molecule has 0 fully saturated rings. The molecule has 0 unspecified atom stereocenters. The third-order valence-corrected chi connectivity index (χ3v) is 8.18. The molecular weight excluding hydrogens is 604 g/mol. The summed E-state index contributed by atoms with van der Waals surface area (Å²) in [6.07, 6.45) is -0.562. The third kappa shape index (κ3) is 8.82. The number of esters is 1. The maximum Gasteiger partial charge on any atom is 0.407 e. The zero-order valence-corrected chi connectivity index (χ0v) is 28.2. The molecule has 4 aromatic carbocycles. The van der Waals surface area contributed by atoms with Crippen LogP contribution >= 0.6 is 0 Å². The number of ether oxygens (including phenoxy) is 3. The van der Waals surface area contributed by atoms with E-state index in [-0.39, 0.29) is 37.1 Å². The minimum Gasteiger partial charge on any atom is -0.488 e. The lowest BCUT2D eigenvalue weighted by Gasteiger charge is -2.25. The molecule has 250 valence electrons. The highest BCUT2D eigenvalue weighted by Gasteiger charge is 2.32. The number of carbonyl (C=O) groups is 3. The lowest BCUT2D eigenvalue weighted by molar-refractivity contribution is -0.150. The van der Waals surface area contributed by atoms with E-state index in [1.807, 2.05) is 126 Å². The van der Waals surface area contributed by atoms with E-state index in [1.54, 1.807) is 0 Å². The largest absolute Gasteiger partial charge is 0.488 e. The monoisotopic (exact) mass is 648 g/mol. The van der Waals surface area contributed by atoms with Crippen molar-refractivity contribution < 1.29 is 28.6 Å². The number of amides is 2. The maximum absolute atomic E-state index is 13.8. The Morgan fingerprint density at radius 3 is 1.88 bits per heavy atom. The highest BCUT2D eigenvalue weighted by molar-refractivity contribution is 5.90. The zero-order valence-electron chi connectivity index (χ0n) is 28.2. The number of hydrogen-bond donors (Lipinski definition) is 2. The SMILES string of the molecule is CC(C)[C@H](NC(=O)[C@H](Cc1ccc(OC(C)(C)C)cc1)NC(=O)OCC1c2ccccc2-c2ccccc21)C(=O)OCc1ccccc1. The summed E-state index contributed by atoms with van der Waals surface area (Å²) in [7, 11) is 0. The second-order valence-electron chi connectivity index (χ2n) is 13.4. The summed E-state index contributed by atoms with van der Waals surface area (Å²) in [6.45, 7) is 9.75. The van der Waals surface area contributed by atoms with Crippen molar-refractivity contribution in [2.24, 2.45) is 5.92 Å². The fourth-order valence-corrected chi connectivity index (χ4v) is 5.84. The van der Waals surface area contributed by atoms with Crippen LogP contribution in [0.4, 0.5) is 4.79 Å². The number of carbonyl (C=O) groups excluding carboxylic acids is 3. The number of alkyl carbamates (subject to hydrolysis) is 1. The van der Waals surface area contributed by atoms with Crippen molar-refractivity contribution >= 4 is 18.0 Å². The standard InChI is InChI=1S/C40H44N2O6/c1-26(2)36(38(44)46-24-28-13-7-6-8-14-28)42-37(43)35(23-27-19-21-29(22-20-27)48-40(3,4)5)41-39(45)47-25-34-32-17-11-9-15-30(32)31-16-10-12-18-33(31)34/h6-22,26,34-36H,23-25H2,1-5H3,(H,41,45)(H,42,43)/t35-,36-/m0/s1. The molecule has 2 amide bonds. The molecule has 0 saturated heterocycles. The van der Waals surface area contributed by atoms with Crippen LogP contribution < -0.4 is 15.4 Å². The van der Waals surface area contributed by atoms with Crippen molar-refractivity contribution in [2.45, 2.75) is 71.2 Å². The number of hydrogen-bond acceptors (Lipinski definition) is 6. The van der Waals surface area contributed by atoms with Gasteiger partial charge < -0.3 is 24.8 Å². The molecular formula is C40H44N2O6. The van der Waals surface area contributed by atoms with E-state index in [9.17, 15) is 14.4 Å². The number of rotatable bonds is 12. The number of benzene rings is 4. The van der Waals surface area contributed by atoms with Crippen LogP contribution in [0.1, 0.15) is 62.8 Å². The van der Waals surface area contributed by atoms with Gasteiger partial charge in [-0.15, -0.1) is 0 Å². The van der Waals surface area contributed by atoms with E-state index in [0.29, 0.717) is 5.75 Å². The molecule has 0 spiro atoms. The van der Waals surface area contributed by atoms with Gasteiger partial charge in [-0.05, 0) is 72.2 Å². The molecule has 0 heterocycles. The van der Waals surface area contributed by atoms with Gasteiger partial charge in [-0.1, -0.05) is 105 Å². The van der Waals surface area contributed by atoms with Crippen LogP contribution in [0.3, 0.4) is 0 Å². The van der Waals surface area contributed by atoms with Crippen LogP contribution in [0.2, 0.25) is 0 Å². The summed E-state index contributed by atoms with van der Waals surface area (Å²) in [5.74, 6) is -0.769. The Balaban J connectivity index is 1.29. The van der Waals surface area contributed by atoms with E-state index in [0.717, 1.165) is 33.4 Å². The molecule has 8 heteroatoms. The van der Waals surface area contributed by atoms with Gasteiger partial charge in [0.05, 0.1) is 0 Å². The fourth-order valence-electron chi connectivity index (χ4n) is 5.84. The molecule has 5 rings (SSSR count). The summed E-state index contributed by atoms with van der Waals surface area (Å²) < 4.78 is 17.3. The molecule has 1 aliphatic carbocycles. The lowest BCUT2D eigenvalue weighted by atomic mass is 9.98. The quantitative estimate of drug-likeness (QED) is 0.158. The van der Waals surface area contributed by atoms with E-state index in [1.165, 1.54) is 0 Å². The second-order valence-corrected chi connectivity index (χ2v) is 13.4. The van der Waals surface area contributed by atoms with Crippen molar-refractivity contribution in [3.8, 4) is 16.9 Å². The molecule has 8 nitrogen and oxygen atoms in total. The minimum absolute atomic E-state index is 0.0865. The van der Waals surface area contributed by atoms with Crippen molar-refractivity contribution in [3.05, 3.63) is 125 Å². The Bertz CT molecular complexity index is 1670. The van der Waals surface area contributed by atoms with Crippen LogP contribution in [-0.2, 0) is 32.1 Å². The van der Waals surface area contributed by atoms with Gasteiger partial charge in [0.1, 0.15) is 36.6 Å². The Morgan fingerprint density at radius 1 is 0.708 bits per heavy atom. The van der Waals surface area contributed by atoms with Crippen molar-refractivity contribution in [1.82, 2.24) is 10.6 Å². The van der Waals surface area contributed by atoms with Crippen LogP contribution in [0.15, 0.2) is 103 Å². The average Bonchev–Trinajstić information content (AvgIpc) is 3.38. The summed E-state index contributed by atoms with van der Waals surface area (Å²) >= 11 is 0. The second kappa shape index (κ2) is 15.2. The Labute approximate surface area is 282 Å². The predicted octanol–water partition coefficient (Wildman–Crippen LogP) is 7.20. The lowest BCUT2D eigenvalue weighted by Crippen LogP contribution is -2.54. The fraction of sp³-hybridized carbons (Fsp3) is 0.325. The molecule has 2 atom stereocenters. The smallest absolute Gasteiger partial charge is 0.407 e. The maximum atomic E-state index is 13.8. The van der Waals surface area contributed by atoms with E-state index in [2.05, 4.69) is 22.8 Å². The summed E-state index contributed by atoms with van der Waals surface area (Å²) in [5.41, 5.74) is 5.70. The van der Waals surface area contributed by atoms with Gasteiger partial charge in [0.25, 0.3) is 0 Å². The highest BCUT2D eigenvalue weighted by atomic mass is 16.5. The molecule has 0 aromatic heterocycles. The Morgan fingerprint density at radius 2 is 1.29 bits per heavy atom. The normalized spacial score (nSPS) is 13.5. The van der Waals surface area contributed by atoms with Crippen LogP contribution in [0, 0.1) is 5.92 Å². The van der Waals surface area contributed by atoms with E-state index in [4.69, 9.17) is 14.2 Å². The molecule has 4 aromatic rings. The van der Waals surface area contributed by atoms with Crippen LogP contribution in [-0.4, -0.2) is 42.3 Å². The summed E-state index contributed by atoms with van der Waals surface area (Å²) in [6, 6.07) is 31.0. The molecule has 0 saturated carbocycles. The van der Waals surface area contributed by atoms with Gasteiger partial charge in [-0.2, -0.15) is 0 Å². The summed E-state index contributed by atoms with van der Waals surface area (Å²) in [4.78, 5) is 40.3. The number of fused-ring (bicyclic) bond motifs is 3. The van der Waals surface area contributed by atoms with Gasteiger partial charge in [0.2, 0.25) is 5.91 Å². The first-order valence-corrected chi connectivity index (χ1v) is 16.4. The average molecular weight is 649 g/mol.